The zero-order chi connectivity index (χ0) is 27.8. The number of methoxy groups -OCH3 is 1. The lowest BCUT2D eigenvalue weighted by atomic mass is 9.95. The number of benzene rings is 2. The minimum atomic E-state index is -1.73. The summed E-state index contributed by atoms with van der Waals surface area (Å²) in [6, 6.07) is 13.5. The van der Waals surface area contributed by atoms with Crippen LogP contribution in [0.1, 0.15) is 47.1 Å². The van der Waals surface area contributed by atoms with E-state index in [9.17, 15) is 29.1 Å². The van der Waals surface area contributed by atoms with E-state index in [2.05, 4.69) is 5.32 Å². The Morgan fingerprint density at radius 1 is 1.03 bits per heavy atom. The number of rotatable bonds is 7. The minimum absolute atomic E-state index is 0.0215. The molecule has 1 aromatic heterocycles. The number of carbonyl (C=O) groups excluding carboxylic acids is 3. The van der Waals surface area contributed by atoms with Gasteiger partial charge in [-0.2, -0.15) is 0 Å². The van der Waals surface area contributed by atoms with Gasteiger partial charge in [-0.1, -0.05) is 24.3 Å². The van der Waals surface area contributed by atoms with Gasteiger partial charge < -0.3 is 20.3 Å². The first-order chi connectivity index (χ1) is 18.7. The maximum Gasteiger partial charge on any atom is 0.394 e. The molecule has 0 saturated carbocycles. The normalized spacial score (nSPS) is 16.5. The molecule has 0 fully saturated rings. The number of nitrogens with one attached hydrogen (secondary N) is 1. The van der Waals surface area contributed by atoms with Crippen molar-refractivity contribution in [1.82, 2.24) is 9.80 Å². The minimum Gasteiger partial charge on any atom is -0.497 e. The number of thiophene rings is 1. The summed E-state index contributed by atoms with van der Waals surface area (Å²) in [5.74, 6) is -4.52. The lowest BCUT2D eigenvalue weighted by molar-refractivity contribution is -0.147. The van der Waals surface area contributed by atoms with Crippen LogP contribution in [-0.4, -0.2) is 69.4 Å². The van der Waals surface area contributed by atoms with Gasteiger partial charge in [-0.15, -0.1) is 11.3 Å². The highest BCUT2D eigenvalue weighted by Crippen LogP contribution is 2.40. The SMILES string of the molecule is COc1ccc(CN2Cc3sc(NC(=O)C(=O)O)c(C(=O)O)c3CC2CN2C(=O)c3ccccc3C2=O)cc1. The molecule has 1 unspecified atom stereocenters. The molecule has 3 amide bonds. The van der Waals surface area contributed by atoms with Crippen molar-refractivity contribution in [2.45, 2.75) is 25.6 Å². The van der Waals surface area contributed by atoms with E-state index in [4.69, 9.17) is 9.84 Å². The van der Waals surface area contributed by atoms with Crippen LogP contribution < -0.4 is 10.1 Å². The summed E-state index contributed by atoms with van der Waals surface area (Å²) in [5, 5.41) is 21.1. The Hall–Kier alpha value is -4.55. The van der Waals surface area contributed by atoms with Gasteiger partial charge in [0.25, 0.3) is 11.8 Å². The number of hydrogen-bond acceptors (Lipinski definition) is 8. The molecule has 11 nitrogen and oxygen atoms in total. The molecule has 0 spiro atoms. The van der Waals surface area contributed by atoms with Crippen molar-refractivity contribution in [2.24, 2.45) is 0 Å². The second-order valence-corrected chi connectivity index (χ2v) is 10.3. The van der Waals surface area contributed by atoms with E-state index in [-0.39, 0.29) is 30.1 Å². The zero-order valence-electron chi connectivity index (χ0n) is 20.7. The summed E-state index contributed by atoms with van der Waals surface area (Å²) in [7, 11) is 1.57. The van der Waals surface area contributed by atoms with Gasteiger partial charge in [0.15, 0.2) is 0 Å². The largest absolute Gasteiger partial charge is 0.497 e. The number of hydrogen-bond donors (Lipinski definition) is 3. The van der Waals surface area contributed by atoms with Gasteiger partial charge in [0.05, 0.1) is 23.8 Å². The lowest BCUT2D eigenvalue weighted by Gasteiger charge is -2.37. The third-order valence-corrected chi connectivity index (χ3v) is 7.98. The van der Waals surface area contributed by atoms with Crippen molar-refractivity contribution >= 4 is 46.0 Å². The monoisotopic (exact) mass is 549 g/mol. The number of aliphatic carboxylic acids is 1. The van der Waals surface area contributed by atoms with Gasteiger partial charge in [0.2, 0.25) is 0 Å². The molecule has 200 valence electrons. The molecule has 3 heterocycles. The van der Waals surface area contributed by atoms with Crippen molar-refractivity contribution < 1.29 is 38.9 Å². The molecule has 1 atom stereocenters. The van der Waals surface area contributed by atoms with Gasteiger partial charge in [-0.05, 0) is 41.8 Å². The molecule has 3 N–H and O–H groups in total. The van der Waals surface area contributed by atoms with Gasteiger partial charge in [-0.25, -0.2) is 9.59 Å². The van der Waals surface area contributed by atoms with Gasteiger partial charge in [-0.3, -0.25) is 24.2 Å². The second kappa shape index (κ2) is 10.3. The third-order valence-electron chi connectivity index (χ3n) is 6.84. The molecule has 5 rings (SSSR count). The van der Waals surface area contributed by atoms with Crippen molar-refractivity contribution in [3.63, 3.8) is 0 Å². The molecule has 3 aromatic rings. The number of anilines is 1. The van der Waals surface area contributed by atoms with Gasteiger partial charge in [0, 0.05) is 30.6 Å². The number of carbonyl (C=O) groups is 5. The average Bonchev–Trinajstić information content (AvgIpc) is 3.38. The highest BCUT2D eigenvalue weighted by atomic mass is 32.1. The predicted octanol–water partition coefficient (Wildman–Crippen LogP) is 2.70. The Labute approximate surface area is 226 Å². The average molecular weight is 550 g/mol. The summed E-state index contributed by atoms with van der Waals surface area (Å²) in [6.45, 7) is 0.713. The summed E-state index contributed by atoms with van der Waals surface area (Å²) < 4.78 is 5.23. The second-order valence-electron chi connectivity index (χ2n) is 9.15. The summed E-state index contributed by atoms with van der Waals surface area (Å²) in [6.07, 6.45) is 0.167. The van der Waals surface area contributed by atoms with E-state index in [1.54, 1.807) is 31.4 Å². The quantitative estimate of drug-likeness (QED) is 0.298. The number of fused-ring (bicyclic) bond motifs is 2. The molecule has 2 aromatic carbocycles. The van der Waals surface area contributed by atoms with E-state index >= 15 is 0 Å². The summed E-state index contributed by atoms with van der Waals surface area (Å²) in [4.78, 5) is 65.2. The number of amides is 3. The molecule has 0 aliphatic carbocycles. The van der Waals surface area contributed by atoms with Crippen LogP contribution in [0, 0.1) is 0 Å². The molecule has 2 aliphatic heterocycles. The molecule has 0 saturated heterocycles. The Bertz CT molecular complexity index is 1480. The van der Waals surface area contributed by atoms with Crippen LogP contribution in [0.25, 0.3) is 0 Å². The van der Waals surface area contributed by atoms with E-state index in [0.717, 1.165) is 16.9 Å². The van der Waals surface area contributed by atoms with Crippen LogP contribution >= 0.6 is 11.3 Å². The molecule has 2 aliphatic rings. The maximum absolute atomic E-state index is 13.1. The van der Waals surface area contributed by atoms with Crippen LogP contribution in [0.5, 0.6) is 5.75 Å². The van der Waals surface area contributed by atoms with Crippen molar-refractivity contribution in [3.8, 4) is 5.75 Å². The standard InChI is InChI=1S/C27H23N3O8S/c1-38-16-8-6-14(7-9-16)11-29-13-20-19(21(26(34)35)23(39-20)28-22(31)27(36)37)10-15(29)12-30-24(32)17-4-2-3-5-18(17)25(30)33/h2-9,15H,10-13H2,1H3,(H,28,31)(H,34,35)(H,36,37). The summed E-state index contributed by atoms with van der Waals surface area (Å²) in [5.41, 5.74) is 1.84. The fraction of sp³-hybridized carbons (Fsp3) is 0.222. The fourth-order valence-electron chi connectivity index (χ4n) is 4.95. The topological polar surface area (TPSA) is 154 Å². The van der Waals surface area contributed by atoms with Crippen LogP contribution in [0.4, 0.5) is 5.00 Å². The van der Waals surface area contributed by atoms with Crippen molar-refractivity contribution in [1.29, 1.82) is 0 Å². The first kappa shape index (κ1) is 26.1. The van der Waals surface area contributed by atoms with E-state index in [0.29, 0.717) is 33.9 Å². The van der Waals surface area contributed by atoms with E-state index in [1.165, 1.54) is 4.90 Å². The van der Waals surface area contributed by atoms with E-state index < -0.39 is 35.7 Å². The van der Waals surface area contributed by atoms with E-state index in [1.807, 2.05) is 29.2 Å². The summed E-state index contributed by atoms with van der Waals surface area (Å²) >= 11 is 1.01. The molecule has 0 radical (unpaired) electrons. The number of ether oxygens (including phenoxy) is 1. The molecule has 0 bridgehead atoms. The molecular weight excluding hydrogens is 526 g/mol. The highest BCUT2D eigenvalue weighted by Gasteiger charge is 2.40. The molecular formula is C27H23N3O8S. The van der Waals surface area contributed by atoms with Crippen LogP contribution in [0.15, 0.2) is 48.5 Å². The molecule has 12 heteroatoms. The zero-order valence-corrected chi connectivity index (χ0v) is 21.5. The Morgan fingerprint density at radius 2 is 1.67 bits per heavy atom. The number of carboxylic acid groups (broad SMARTS) is 2. The van der Waals surface area contributed by atoms with Crippen LogP contribution in [0.2, 0.25) is 0 Å². The lowest BCUT2D eigenvalue weighted by Crippen LogP contribution is -2.48. The first-order valence-electron chi connectivity index (χ1n) is 11.9. The van der Waals surface area contributed by atoms with Crippen LogP contribution in [0.3, 0.4) is 0 Å². The number of aromatic carboxylic acids is 1. The smallest absolute Gasteiger partial charge is 0.394 e. The predicted molar refractivity (Wildman–Crippen MR) is 139 cm³/mol. The van der Waals surface area contributed by atoms with Crippen molar-refractivity contribution in [2.75, 3.05) is 19.0 Å². The van der Waals surface area contributed by atoms with Crippen LogP contribution in [-0.2, 0) is 29.1 Å². The number of nitrogens with zero attached hydrogens (tertiary/aromatic N) is 2. The fourth-order valence-corrected chi connectivity index (χ4v) is 6.19. The number of carboxylic acids is 2. The van der Waals surface area contributed by atoms with Crippen molar-refractivity contribution in [3.05, 3.63) is 81.2 Å². The van der Waals surface area contributed by atoms with Gasteiger partial charge in [0.1, 0.15) is 10.8 Å². The third kappa shape index (κ3) is 4.87. The number of imide groups is 1. The molecule has 39 heavy (non-hydrogen) atoms. The first-order valence-corrected chi connectivity index (χ1v) is 12.7. The highest BCUT2D eigenvalue weighted by molar-refractivity contribution is 7.17. The maximum atomic E-state index is 13.1. The Morgan fingerprint density at radius 3 is 2.23 bits per heavy atom. The Kier molecular flexibility index (Phi) is 6.89. The van der Waals surface area contributed by atoms with Gasteiger partial charge >= 0.3 is 17.8 Å². The Balaban J connectivity index is 1.50.